The summed E-state index contributed by atoms with van der Waals surface area (Å²) < 4.78 is 34.5. The zero-order valence-electron chi connectivity index (χ0n) is 20.0. The molecule has 0 amide bonds. The summed E-state index contributed by atoms with van der Waals surface area (Å²) in [7, 11) is 0. The van der Waals surface area contributed by atoms with E-state index in [0.29, 0.717) is 36.7 Å². The first kappa shape index (κ1) is 24.7. The lowest BCUT2D eigenvalue weighted by Crippen LogP contribution is -2.13. The second kappa shape index (κ2) is 13.0. The molecule has 0 aromatic heterocycles. The quantitative estimate of drug-likeness (QED) is 0.298. The fraction of sp³-hybridized carbons (Fsp3) is 0.586. The molecule has 0 unspecified atom stereocenters. The summed E-state index contributed by atoms with van der Waals surface area (Å²) in [5, 5.41) is 0. The van der Waals surface area contributed by atoms with Crippen LogP contribution in [0.1, 0.15) is 101 Å². The first-order valence-electron chi connectivity index (χ1n) is 12.8. The Bertz CT molecular complexity index is 824. The normalized spacial score (nSPS) is 18.6. The third-order valence-corrected chi connectivity index (χ3v) is 7.05. The van der Waals surface area contributed by atoms with Crippen molar-refractivity contribution in [3.05, 3.63) is 64.7 Å². The third-order valence-electron chi connectivity index (χ3n) is 7.05. The number of aryl methyl sites for hydroxylation is 2. The Hall–Kier alpha value is -1.90. The van der Waals surface area contributed by atoms with Gasteiger partial charge in [0.2, 0.25) is 0 Å². The maximum Gasteiger partial charge on any atom is 0.165 e. The van der Waals surface area contributed by atoms with E-state index in [9.17, 15) is 8.78 Å². The van der Waals surface area contributed by atoms with Gasteiger partial charge in [-0.3, -0.25) is 0 Å². The molecule has 0 atom stereocenters. The largest absolute Gasteiger partial charge is 0.491 e. The molecule has 0 radical (unpaired) electrons. The van der Waals surface area contributed by atoms with Gasteiger partial charge in [-0.1, -0.05) is 64.2 Å². The molecule has 0 N–H and O–H groups in total. The SMILES string of the molecule is CCCCCC1CCC(c2ccc(CCc3ccc(OCCCC)c(F)c3)c(F)c2)CC1. The van der Waals surface area contributed by atoms with Gasteiger partial charge in [0.05, 0.1) is 6.61 Å². The highest BCUT2D eigenvalue weighted by atomic mass is 19.1. The van der Waals surface area contributed by atoms with Gasteiger partial charge in [-0.2, -0.15) is 0 Å². The first-order chi connectivity index (χ1) is 15.6. The third kappa shape index (κ3) is 7.32. The van der Waals surface area contributed by atoms with Gasteiger partial charge in [0.1, 0.15) is 5.82 Å². The van der Waals surface area contributed by atoms with Gasteiger partial charge in [-0.05, 0) is 91.7 Å². The van der Waals surface area contributed by atoms with Crippen molar-refractivity contribution in [1.82, 2.24) is 0 Å². The van der Waals surface area contributed by atoms with E-state index in [4.69, 9.17) is 4.74 Å². The number of benzene rings is 2. The number of rotatable bonds is 12. The number of unbranched alkanes of at least 4 members (excludes halogenated alkanes) is 3. The molecule has 2 aromatic rings. The Labute approximate surface area is 193 Å². The lowest BCUT2D eigenvalue weighted by atomic mass is 9.77. The van der Waals surface area contributed by atoms with E-state index in [0.717, 1.165) is 29.9 Å². The van der Waals surface area contributed by atoms with Crippen molar-refractivity contribution in [3.63, 3.8) is 0 Å². The molecule has 3 heteroatoms. The number of ether oxygens (including phenoxy) is 1. The summed E-state index contributed by atoms with van der Waals surface area (Å²) in [6.45, 7) is 4.87. The molecule has 3 rings (SSSR count). The summed E-state index contributed by atoms with van der Waals surface area (Å²) in [6, 6.07) is 10.9. The van der Waals surface area contributed by atoms with Gasteiger partial charge in [-0.25, -0.2) is 8.78 Å². The van der Waals surface area contributed by atoms with Gasteiger partial charge in [0, 0.05) is 0 Å². The molecule has 1 aliphatic carbocycles. The monoisotopic (exact) mass is 442 g/mol. The molecular weight excluding hydrogens is 402 g/mol. The highest BCUT2D eigenvalue weighted by Gasteiger charge is 2.22. The minimum Gasteiger partial charge on any atom is -0.491 e. The first-order valence-corrected chi connectivity index (χ1v) is 12.8. The maximum atomic E-state index is 14.8. The predicted molar refractivity (Wildman–Crippen MR) is 129 cm³/mol. The predicted octanol–water partition coefficient (Wildman–Crippen LogP) is 8.78. The molecule has 1 aliphatic rings. The Morgan fingerprint density at radius 2 is 1.59 bits per heavy atom. The fourth-order valence-electron chi connectivity index (χ4n) is 4.91. The summed E-state index contributed by atoms with van der Waals surface area (Å²) >= 11 is 0. The molecule has 1 fully saturated rings. The van der Waals surface area contributed by atoms with Crippen LogP contribution < -0.4 is 4.74 Å². The van der Waals surface area contributed by atoms with Crippen LogP contribution >= 0.6 is 0 Å². The topological polar surface area (TPSA) is 9.23 Å². The molecule has 0 bridgehead atoms. The molecule has 0 saturated heterocycles. The summed E-state index contributed by atoms with van der Waals surface area (Å²) in [4.78, 5) is 0. The van der Waals surface area contributed by atoms with Gasteiger partial charge in [0.25, 0.3) is 0 Å². The van der Waals surface area contributed by atoms with Crippen LogP contribution in [0, 0.1) is 17.6 Å². The number of hydrogen-bond acceptors (Lipinski definition) is 1. The van der Waals surface area contributed by atoms with Gasteiger partial charge >= 0.3 is 0 Å². The molecule has 0 aliphatic heterocycles. The maximum absolute atomic E-state index is 14.8. The summed E-state index contributed by atoms with van der Waals surface area (Å²) in [6.07, 6.45) is 13.4. The standard InChI is InChI=1S/C29H40F2O/c1-3-5-7-8-22-9-13-24(14-10-22)26-17-16-25(27(30)21-26)15-11-23-12-18-29(28(31)20-23)32-19-6-4-2/h12,16-18,20-22,24H,3-11,13-15,19H2,1-2H3. The second-order valence-electron chi connectivity index (χ2n) is 9.53. The van der Waals surface area contributed by atoms with Gasteiger partial charge < -0.3 is 4.74 Å². The average Bonchev–Trinajstić information content (AvgIpc) is 2.80. The van der Waals surface area contributed by atoms with Crippen molar-refractivity contribution in [2.24, 2.45) is 5.92 Å². The Morgan fingerprint density at radius 1 is 0.812 bits per heavy atom. The van der Waals surface area contributed by atoms with E-state index in [2.05, 4.69) is 19.9 Å². The van der Waals surface area contributed by atoms with Crippen LogP contribution in [0.5, 0.6) is 5.75 Å². The van der Waals surface area contributed by atoms with E-state index >= 15 is 0 Å². The van der Waals surface area contributed by atoms with E-state index in [1.54, 1.807) is 12.1 Å². The van der Waals surface area contributed by atoms with Crippen molar-refractivity contribution in [3.8, 4) is 5.75 Å². The molecular formula is C29H40F2O. The number of halogens is 2. The summed E-state index contributed by atoms with van der Waals surface area (Å²) in [5.74, 6) is 1.21. The Kier molecular flexibility index (Phi) is 10.0. The lowest BCUT2D eigenvalue weighted by Gasteiger charge is -2.29. The van der Waals surface area contributed by atoms with Crippen LogP contribution in [-0.2, 0) is 12.8 Å². The Balaban J connectivity index is 1.50. The van der Waals surface area contributed by atoms with Crippen LogP contribution in [0.3, 0.4) is 0 Å². The smallest absolute Gasteiger partial charge is 0.165 e. The molecule has 176 valence electrons. The molecule has 32 heavy (non-hydrogen) atoms. The van der Waals surface area contributed by atoms with Crippen LogP contribution in [0.2, 0.25) is 0 Å². The van der Waals surface area contributed by atoms with Crippen LogP contribution in [-0.4, -0.2) is 6.61 Å². The average molecular weight is 443 g/mol. The highest BCUT2D eigenvalue weighted by molar-refractivity contribution is 5.31. The van der Waals surface area contributed by atoms with Crippen LogP contribution in [0.15, 0.2) is 36.4 Å². The van der Waals surface area contributed by atoms with Crippen molar-refractivity contribution >= 4 is 0 Å². The van der Waals surface area contributed by atoms with E-state index < -0.39 is 0 Å². The van der Waals surface area contributed by atoms with Crippen molar-refractivity contribution in [2.45, 2.75) is 96.8 Å². The minimum absolute atomic E-state index is 0.118. The van der Waals surface area contributed by atoms with Gasteiger partial charge in [-0.15, -0.1) is 0 Å². The lowest BCUT2D eigenvalue weighted by molar-refractivity contribution is 0.294. The number of hydrogen-bond donors (Lipinski definition) is 0. The highest BCUT2D eigenvalue weighted by Crippen LogP contribution is 2.38. The molecule has 0 heterocycles. The Morgan fingerprint density at radius 3 is 2.28 bits per heavy atom. The molecule has 0 spiro atoms. The zero-order chi connectivity index (χ0) is 22.8. The van der Waals surface area contributed by atoms with Gasteiger partial charge in [0.15, 0.2) is 11.6 Å². The van der Waals surface area contributed by atoms with Crippen molar-refractivity contribution in [2.75, 3.05) is 6.61 Å². The minimum atomic E-state index is -0.334. The van der Waals surface area contributed by atoms with E-state index in [1.807, 2.05) is 12.1 Å². The molecule has 2 aromatic carbocycles. The van der Waals surface area contributed by atoms with Crippen molar-refractivity contribution in [1.29, 1.82) is 0 Å². The van der Waals surface area contributed by atoms with Crippen molar-refractivity contribution < 1.29 is 13.5 Å². The van der Waals surface area contributed by atoms with E-state index in [1.165, 1.54) is 57.4 Å². The molecule has 1 saturated carbocycles. The van der Waals surface area contributed by atoms with Crippen LogP contribution in [0.25, 0.3) is 0 Å². The van der Waals surface area contributed by atoms with E-state index in [-0.39, 0.29) is 11.6 Å². The van der Waals surface area contributed by atoms with Crippen LogP contribution in [0.4, 0.5) is 8.78 Å². The summed E-state index contributed by atoms with van der Waals surface area (Å²) in [5.41, 5.74) is 2.73. The fourth-order valence-corrected chi connectivity index (χ4v) is 4.91. The second-order valence-corrected chi connectivity index (χ2v) is 9.53. The molecule has 1 nitrogen and oxygen atoms in total. The zero-order valence-corrected chi connectivity index (χ0v) is 20.0.